The van der Waals surface area contributed by atoms with E-state index in [4.69, 9.17) is 14.2 Å². The van der Waals surface area contributed by atoms with Gasteiger partial charge in [-0.15, -0.1) is 0 Å². The molecule has 29 heavy (non-hydrogen) atoms. The molecular formula is C21H22N2O6. The van der Waals surface area contributed by atoms with Crippen molar-refractivity contribution in [3.8, 4) is 11.5 Å². The first kappa shape index (κ1) is 20.2. The fourth-order valence-corrected chi connectivity index (χ4v) is 2.68. The molecule has 0 bridgehead atoms. The Morgan fingerprint density at radius 3 is 2.62 bits per heavy atom. The lowest BCUT2D eigenvalue weighted by Crippen LogP contribution is -2.32. The number of hydrogen-bond acceptors (Lipinski definition) is 6. The number of benzene rings is 2. The van der Waals surface area contributed by atoms with Crippen molar-refractivity contribution in [2.45, 2.75) is 13.3 Å². The molecule has 8 heteroatoms. The molecule has 1 aliphatic heterocycles. The highest BCUT2D eigenvalue weighted by Gasteiger charge is 2.14. The second-order valence-electron chi connectivity index (χ2n) is 6.47. The minimum atomic E-state index is -0.709. The summed E-state index contributed by atoms with van der Waals surface area (Å²) in [4.78, 5) is 35.8. The van der Waals surface area contributed by atoms with Crippen LogP contribution in [0.15, 0.2) is 42.5 Å². The Hall–Kier alpha value is -3.55. The van der Waals surface area contributed by atoms with Crippen molar-refractivity contribution in [2.24, 2.45) is 0 Å². The fraction of sp³-hybridized carbons (Fsp3) is 0.286. The second kappa shape index (κ2) is 9.59. The lowest BCUT2D eigenvalue weighted by atomic mass is 10.1. The summed E-state index contributed by atoms with van der Waals surface area (Å²) in [6.45, 7) is 2.19. The number of ether oxygens (including phenoxy) is 3. The van der Waals surface area contributed by atoms with Gasteiger partial charge in [0.1, 0.15) is 6.54 Å². The summed E-state index contributed by atoms with van der Waals surface area (Å²) < 4.78 is 16.0. The average molecular weight is 398 g/mol. The van der Waals surface area contributed by atoms with Gasteiger partial charge in [0.25, 0.3) is 11.8 Å². The van der Waals surface area contributed by atoms with E-state index in [1.54, 1.807) is 36.4 Å². The van der Waals surface area contributed by atoms with Crippen molar-refractivity contribution in [1.82, 2.24) is 5.32 Å². The normalized spacial score (nSPS) is 12.4. The molecule has 0 spiro atoms. The van der Waals surface area contributed by atoms with Crippen LogP contribution in [0.3, 0.4) is 0 Å². The molecule has 0 aromatic heterocycles. The summed E-state index contributed by atoms with van der Waals surface area (Å²) in [5, 5.41) is 5.09. The van der Waals surface area contributed by atoms with E-state index in [-0.39, 0.29) is 12.5 Å². The van der Waals surface area contributed by atoms with Gasteiger partial charge in [-0.25, -0.2) is 0 Å². The van der Waals surface area contributed by atoms with Gasteiger partial charge in [0.2, 0.25) is 0 Å². The monoisotopic (exact) mass is 398 g/mol. The van der Waals surface area contributed by atoms with E-state index >= 15 is 0 Å². The fourth-order valence-electron chi connectivity index (χ4n) is 2.68. The van der Waals surface area contributed by atoms with Gasteiger partial charge in [0.05, 0.1) is 13.2 Å². The minimum absolute atomic E-state index is 0.329. The van der Waals surface area contributed by atoms with E-state index in [0.717, 1.165) is 12.0 Å². The molecular weight excluding hydrogens is 376 g/mol. The van der Waals surface area contributed by atoms with Crippen molar-refractivity contribution < 1.29 is 28.6 Å². The van der Waals surface area contributed by atoms with Gasteiger partial charge < -0.3 is 24.8 Å². The Morgan fingerprint density at radius 1 is 1.03 bits per heavy atom. The standard InChI is InChI=1S/C21H22N2O6/c1-14-4-2-5-15(10-14)21(26)22-12-20(25)29-13-19(24)23-16-6-7-17-18(11-16)28-9-3-8-27-17/h2,4-7,10-11H,3,8-9,12-13H2,1H3,(H,22,26)(H,23,24). The zero-order valence-corrected chi connectivity index (χ0v) is 16.0. The number of anilines is 1. The maximum Gasteiger partial charge on any atom is 0.325 e. The summed E-state index contributed by atoms with van der Waals surface area (Å²) >= 11 is 0. The number of carbonyl (C=O) groups excluding carboxylic acids is 3. The Balaban J connectivity index is 1.42. The van der Waals surface area contributed by atoms with Crippen LogP contribution in [0.4, 0.5) is 5.69 Å². The summed E-state index contributed by atoms with van der Waals surface area (Å²) in [6.07, 6.45) is 0.784. The van der Waals surface area contributed by atoms with E-state index in [1.807, 2.05) is 13.0 Å². The van der Waals surface area contributed by atoms with Crippen LogP contribution in [-0.4, -0.2) is 44.1 Å². The van der Waals surface area contributed by atoms with Crippen molar-refractivity contribution >= 4 is 23.5 Å². The number of carbonyl (C=O) groups is 3. The van der Waals surface area contributed by atoms with Crippen molar-refractivity contribution in [2.75, 3.05) is 31.7 Å². The smallest absolute Gasteiger partial charge is 0.325 e. The molecule has 0 aliphatic carbocycles. The van der Waals surface area contributed by atoms with Crippen molar-refractivity contribution in [3.63, 3.8) is 0 Å². The first-order valence-corrected chi connectivity index (χ1v) is 9.21. The molecule has 0 radical (unpaired) electrons. The zero-order chi connectivity index (χ0) is 20.6. The SMILES string of the molecule is Cc1cccc(C(=O)NCC(=O)OCC(=O)Nc2ccc3c(c2)OCCCO3)c1. The maximum atomic E-state index is 12.0. The summed E-state index contributed by atoms with van der Waals surface area (Å²) in [6, 6.07) is 12.0. The van der Waals surface area contributed by atoms with Crippen molar-refractivity contribution in [3.05, 3.63) is 53.6 Å². The van der Waals surface area contributed by atoms with Gasteiger partial charge in [-0.2, -0.15) is 0 Å². The zero-order valence-electron chi connectivity index (χ0n) is 16.0. The van der Waals surface area contributed by atoms with Crippen LogP contribution in [-0.2, 0) is 14.3 Å². The number of hydrogen-bond donors (Lipinski definition) is 2. The molecule has 1 heterocycles. The molecule has 2 aromatic rings. The van der Waals surface area contributed by atoms with E-state index in [0.29, 0.717) is 36.0 Å². The third-order valence-corrected chi connectivity index (χ3v) is 4.07. The number of rotatable bonds is 6. The predicted molar refractivity (Wildman–Crippen MR) is 105 cm³/mol. The molecule has 2 aromatic carbocycles. The van der Waals surface area contributed by atoms with Crippen LogP contribution >= 0.6 is 0 Å². The van der Waals surface area contributed by atoms with Crippen LogP contribution in [0.25, 0.3) is 0 Å². The van der Waals surface area contributed by atoms with E-state index in [1.165, 1.54) is 0 Å². The molecule has 8 nitrogen and oxygen atoms in total. The predicted octanol–water partition coefficient (Wildman–Crippen LogP) is 2.07. The highest BCUT2D eigenvalue weighted by atomic mass is 16.5. The molecule has 0 saturated heterocycles. The van der Waals surface area contributed by atoms with Gasteiger partial charge in [0, 0.05) is 23.7 Å². The molecule has 2 N–H and O–H groups in total. The average Bonchev–Trinajstić information content (AvgIpc) is 2.95. The molecule has 1 aliphatic rings. The van der Waals surface area contributed by atoms with E-state index in [9.17, 15) is 14.4 Å². The Kier molecular flexibility index (Phi) is 6.67. The minimum Gasteiger partial charge on any atom is -0.490 e. The van der Waals surface area contributed by atoms with Gasteiger partial charge in [-0.1, -0.05) is 17.7 Å². The number of esters is 1. The quantitative estimate of drug-likeness (QED) is 0.722. The molecule has 0 fully saturated rings. The first-order valence-electron chi connectivity index (χ1n) is 9.21. The summed E-state index contributed by atoms with van der Waals surface area (Å²) in [7, 11) is 0. The van der Waals surface area contributed by atoms with Crippen molar-refractivity contribution in [1.29, 1.82) is 0 Å². The second-order valence-corrected chi connectivity index (χ2v) is 6.47. The lowest BCUT2D eigenvalue weighted by Gasteiger charge is -2.11. The molecule has 152 valence electrons. The van der Waals surface area contributed by atoms with Gasteiger partial charge >= 0.3 is 5.97 Å². The van der Waals surface area contributed by atoms with Gasteiger partial charge in [-0.3, -0.25) is 14.4 Å². The van der Waals surface area contributed by atoms with Crippen LogP contribution in [0, 0.1) is 6.92 Å². The Morgan fingerprint density at radius 2 is 1.83 bits per heavy atom. The number of amides is 2. The first-order chi connectivity index (χ1) is 14.0. The molecule has 3 rings (SSSR count). The highest BCUT2D eigenvalue weighted by molar-refractivity contribution is 5.96. The molecule has 0 unspecified atom stereocenters. The Labute approximate surface area is 168 Å². The largest absolute Gasteiger partial charge is 0.490 e. The lowest BCUT2D eigenvalue weighted by molar-refractivity contribution is -0.146. The van der Waals surface area contributed by atoms with E-state index < -0.39 is 18.5 Å². The highest BCUT2D eigenvalue weighted by Crippen LogP contribution is 2.32. The van der Waals surface area contributed by atoms with E-state index in [2.05, 4.69) is 10.6 Å². The molecule has 0 saturated carbocycles. The molecule has 2 amide bonds. The van der Waals surface area contributed by atoms with Crippen LogP contribution < -0.4 is 20.1 Å². The number of fused-ring (bicyclic) bond motifs is 1. The van der Waals surface area contributed by atoms with Crippen LogP contribution in [0.5, 0.6) is 11.5 Å². The van der Waals surface area contributed by atoms with Crippen LogP contribution in [0.2, 0.25) is 0 Å². The maximum absolute atomic E-state index is 12.0. The number of nitrogens with one attached hydrogen (secondary N) is 2. The topological polar surface area (TPSA) is 103 Å². The molecule has 0 atom stereocenters. The Bertz CT molecular complexity index is 912. The number of aryl methyl sites for hydroxylation is 1. The summed E-state index contributed by atoms with van der Waals surface area (Å²) in [5.74, 6) is -0.424. The van der Waals surface area contributed by atoms with Gasteiger partial charge in [-0.05, 0) is 31.2 Å². The van der Waals surface area contributed by atoms with Gasteiger partial charge in [0.15, 0.2) is 18.1 Å². The van der Waals surface area contributed by atoms with Crippen LogP contribution in [0.1, 0.15) is 22.3 Å². The third kappa shape index (κ3) is 5.97. The third-order valence-electron chi connectivity index (χ3n) is 4.07. The summed E-state index contributed by atoms with van der Waals surface area (Å²) in [5.41, 5.74) is 1.89.